The fourth-order valence-electron chi connectivity index (χ4n) is 2.26. The van der Waals surface area contributed by atoms with E-state index >= 15 is 0 Å². The van der Waals surface area contributed by atoms with Crippen molar-refractivity contribution in [3.8, 4) is 0 Å². The normalized spacial score (nSPS) is 11.6. The van der Waals surface area contributed by atoms with Crippen LogP contribution < -0.4 is 0 Å². The van der Waals surface area contributed by atoms with E-state index < -0.39 is 5.97 Å². The number of rotatable bonds is 2. The summed E-state index contributed by atoms with van der Waals surface area (Å²) in [6.45, 7) is 4.03. The Labute approximate surface area is 110 Å². The van der Waals surface area contributed by atoms with Crippen LogP contribution in [0.1, 0.15) is 16.7 Å². The predicted molar refractivity (Wildman–Crippen MR) is 74.1 cm³/mol. The quantitative estimate of drug-likeness (QED) is 0.842. The van der Waals surface area contributed by atoms with E-state index in [2.05, 4.69) is 6.07 Å². The Kier molecular flexibility index (Phi) is 3.18. The van der Waals surface area contributed by atoms with Gasteiger partial charge in [-0.25, -0.2) is 4.79 Å². The molecule has 0 atom stereocenters. The van der Waals surface area contributed by atoms with Crippen LogP contribution in [0.15, 0.2) is 18.2 Å². The van der Waals surface area contributed by atoms with Gasteiger partial charge in [0.1, 0.15) is 5.15 Å². The van der Waals surface area contributed by atoms with E-state index in [0.717, 1.165) is 33.7 Å². The summed E-state index contributed by atoms with van der Waals surface area (Å²) >= 11 is 6.26. The average Bonchev–Trinajstić information content (AvgIpc) is 2.51. The second-order valence-electron chi connectivity index (χ2n) is 4.41. The Morgan fingerprint density at radius 2 is 2.06 bits per heavy atom. The highest BCUT2D eigenvalue weighted by Crippen LogP contribution is 2.33. The van der Waals surface area contributed by atoms with Crippen LogP contribution >= 0.6 is 11.6 Å². The molecule has 0 fully saturated rings. The minimum Gasteiger partial charge on any atom is -0.478 e. The Morgan fingerprint density at radius 1 is 1.39 bits per heavy atom. The molecule has 2 aromatic rings. The first-order chi connectivity index (χ1) is 8.41. The lowest BCUT2D eigenvalue weighted by molar-refractivity contribution is -0.131. The lowest BCUT2D eigenvalue weighted by Crippen LogP contribution is -1.87. The van der Waals surface area contributed by atoms with Crippen LogP contribution in [0.25, 0.3) is 17.0 Å². The number of hydrogen-bond acceptors (Lipinski definition) is 1. The van der Waals surface area contributed by atoms with Crippen molar-refractivity contribution in [2.75, 3.05) is 0 Å². The molecule has 0 unspecified atom stereocenters. The van der Waals surface area contributed by atoms with Crippen molar-refractivity contribution in [1.29, 1.82) is 0 Å². The standard InChI is InChI=1S/C14H14ClNO2/c1-8-6-9(2)13-10(4-5-12(17)18)14(15)16(3)11(13)7-8/h4-7H,1-3H3,(H,17,18)/b5-4+. The van der Waals surface area contributed by atoms with Crippen LogP contribution in [0.2, 0.25) is 5.15 Å². The molecule has 0 saturated heterocycles. The fraction of sp³-hybridized carbons (Fsp3) is 0.214. The molecule has 3 nitrogen and oxygen atoms in total. The van der Waals surface area contributed by atoms with E-state index in [9.17, 15) is 4.79 Å². The third-order valence-electron chi connectivity index (χ3n) is 3.00. The molecular formula is C14H14ClNO2. The lowest BCUT2D eigenvalue weighted by Gasteiger charge is -2.02. The Hall–Kier alpha value is -1.74. The van der Waals surface area contributed by atoms with Crippen molar-refractivity contribution < 1.29 is 9.90 Å². The largest absolute Gasteiger partial charge is 0.478 e. The van der Waals surface area contributed by atoms with Crippen LogP contribution in [-0.4, -0.2) is 15.6 Å². The minimum atomic E-state index is -0.979. The van der Waals surface area contributed by atoms with Gasteiger partial charge in [0.05, 0.1) is 5.52 Å². The van der Waals surface area contributed by atoms with Crippen molar-refractivity contribution in [3.63, 3.8) is 0 Å². The molecule has 1 aromatic carbocycles. The molecule has 0 bridgehead atoms. The minimum absolute atomic E-state index is 0.552. The number of aromatic nitrogens is 1. The molecule has 0 spiro atoms. The lowest BCUT2D eigenvalue weighted by atomic mass is 10.0. The van der Waals surface area contributed by atoms with E-state index in [1.165, 1.54) is 0 Å². The summed E-state index contributed by atoms with van der Waals surface area (Å²) in [6, 6.07) is 4.11. The monoisotopic (exact) mass is 263 g/mol. The maximum Gasteiger partial charge on any atom is 0.328 e. The number of aryl methyl sites for hydroxylation is 3. The molecule has 1 N–H and O–H groups in total. The van der Waals surface area contributed by atoms with Gasteiger partial charge < -0.3 is 9.67 Å². The van der Waals surface area contributed by atoms with E-state index in [-0.39, 0.29) is 0 Å². The van der Waals surface area contributed by atoms with Crippen molar-refractivity contribution in [2.45, 2.75) is 13.8 Å². The first-order valence-corrected chi connectivity index (χ1v) is 5.95. The number of nitrogens with zero attached hydrogens (tertiary/aromatic N) is 1. The van der Waals surface area contributed by atoms with Gasteiger partial charge in [-0.3, -0.25) is 0 Å². The number of carboxylic acid groups (broad SMARTS) is 1. The Bertz CT molecular complexity index is 668. The number of aliphatic carboxylic acids is 1. The van der Waals surface area contributed by atoms with Gasteiger partial charge in [-0.05, 0) is 37.1 Å². The molecule has 0 aliphatic rings. The molecule has 18 heavy (non-hydrogen) atoms. The molecule has 0 aliphatic carbocycles. The molecule has 0 aliphatic heterocycles. The highest BCUT2D eigenvalue weighted by Gasteiger charge is 2.13. The summed E-state index contributed by atoms with van der Waals surface area (Å²) in [5.74, 6) is -0.979. The van der Waals surface area contributed by atoms with Crippen molar-refractivity contribution >= 4 is 34.5 Å². The Morgan fingerprint density at radius 3 is 2.67 bits per heavy atom. The van der Waals surface area contributed by atoms with E-state index in [1.54, 1.807) is 6.08 Å². The van der Waals surface area contributed by atoms with Crippen LogP contribution in [0.4, 0.5) is 0 Å². The molecule has 0 amide bonds. The highest BCUT2D eigenvalue weighted by atomic mass is 35.5. The van der Waals surface area contributed by atoms with Crippen LogP contribution in [-0.2, 0) is 11.8 Å². The number of benzene rings is 1. The number of fused-ring (bicyclic) bond motifs is 1. The summed E-state index contributed by atoms with van der Waals surface area (Å²) in [4.78, 5) is 10.6. The molecule has 2 rings (SSSR count). The summed E-state index contributed by atoms with van der Waals surface area (Å²) in [6.07, 6.45) is 2.66. The van der Waals surface area contributed by atoms with Gasteiger partial charge in [-0.1, -0.05) is 17.7 Å². The maximum atomic E-state index is 10.6. The highest BCUT2D eigenvalue weighted by molar-refractivity contribution is 6.33. The smallest absolute Gasteiger partial charge is 0.328 e. The molecule has 94 valence electrons. The first kappa shape index (κ1) is 12.7. The van der Waals surface area contributed by atoms with E-state index in [0.29, 0.717) is 5.15 Å². The van der Waals surface area contributed by atoms with Gasteiger partial charge in [0.15, 0.2) is 0 Å². The van der Waals surface area contributed by atoms with Crippen LogP contribution in [0.3, 0.4) is 0 Å². The molecule has 1 aromatic heterocycles. The van der Waals surface area contributed by atoms with E-state index in [1.807, 2.05) is 31.5 Å². The SMILES string of the molecule is Cc1cc(C)c2c(/C=C/C(=O)O)c(Cl)n(C)c2c1. The second kappa shape index (κ2) is 4.50. The molecule has 0 radical (unpaired) electrons. The first-order valence-electron chi connectivity index (χ1n) is 5.58. The van der Waals surface area contributed by atoms with Gasteiger partial charge in [-0.2, -0.15) is 0 Å². The van der Waals surface area contributed by atoms with Gasteiger partial charge in [0.2, 0.25) is 0 Å². The predicted octanol–water partition coefficient (Wildman–Crippen LogP) is 3.55. The summed E-state index contributed by atoms with van der Waals surface area (Å²) < 4.78 is 1.87. The third kappa shape index (κ3) is 2.02. The summed E-state index contributed by atoms with van der Waals surface area (Å²) in [7, 11) is 1.88. The zero-order valence-electron chi connectivity index (χ0n) is 10.5. The van der Waals surface area contributed by atoms with Crippen LogP contribution in [0, 0.1) is 13.8 Å². The van der Waals surface area contributed by atoms with E-state index in [4.69, 9.17) is 16.7 Å². The maximum absolute atomic E-state index is 10.6. The third-order valence-corrected chi connectivity index (χ3v) is 3.46. The summed E-state index contributed by atoms with van der Waals surface area (Å²) in [5.41, 5.74) is 4.03. The number of carbonyl (C=O) groups is 1. The molecule has 4 heteroatoms. The fourth-order valence-corrected chi connectivity index (χ4v) is 2.50. The van der Waals surface area contributed by atoms with Crippen molar-refractivity contribution in [1.82, 2.24) is 4.57 Å². The van der Waals surface area contributed by atoms with Crippen molar-refractivity contribution in [2.24, 2.45) is 7.05 Å². The zero-order valence-corrected chi connectivity index (χ0v) is 11.2. The average molecular weight is 264 g/mol. The number of halogens is 1. The topological polar surface area (TPSA) is 42.2 Å². The molecular weight excluding hydrogens is 250 g/mol. The zero-order chi connectivity index (χ0) is 13.4. The Balaban J connectivity index is 2.81. The van der Waals surface area contributed by atoms with Gasteiger partial charge >= 0.3 is 5.97 Å². The van der Waals surface area contributed by atoms with Gasteiger partial charge in [0, 0.05) is 24.1 Å². The number of hydrogen-bond donors (Lipinski definition) is 1. The van der Waals surface area contributed by atoms with Crippen molar-refractivity contribution in [3.05, 3.63) is 40.1 Å². The van der Waals surface area contributed by atoms with Gasteiger partial charge in [0.25, 0.3) is 0 Å². The second-order valence-corrected chi connectivity index (χ2v) is 4.77. The molecule has 0 saturated carbocycles. The van der Waals surface area contributed by atoms with Gasteiger partial charge in [-0.15, -0.1) is 0 Å². The van der Waals surface area contributed by atoms with Crippen LogP contribution in [0.5, 0.6) is 0 Å². The molecule has 1 heterocycles. The summed E-state index contributed by atoms with van der Waals surface area (Å²) in [5, 5.41) is 10.3. The number of carboxylic acids is 1.